The van der Waals surface area contributed by atoms with Crippen LogP contribution in [0.2, 0.25) is 0 Å². The third-order valence-corrected chi connectivity index (χ3v) is 3.74. The van der Waals surface area contributed by atoms with Gasteiger partial charge in [0.05, 0.1) is 5.41 Å². The van der Waals surface area contributed by atoms with E-state index < -0.39 is 34.9 Å². The zero-order chi connectivity index (χ0) is 19.0. The molecular weight excluding hydrogens is 342 g/mol. The number of aliphatic hydroxyl groups is 1. The average molecular weight is 358 g/mol. The van der Waals surface area contributed by atoms with Crippen LogP contribution >= 0.6 is 0 Å². The van der Waals surface area contributed by atoms with Gasteiger partial charge in [0.25, 0.3) is 5.60 Å². The molecule has 0 atom stereocenters. The van der Waals surface area contributed by atoms with Crippen LogP contribution in [0.25, 0.3) is 0 Å². The zero-order valence-electron chi connectivity index (χ0n) is 13.0. The van der Waals surface area contributed by atoms with Gasteiger partial charge >= 0.3 is 18.3 Å². The van der Waals surface area contributed by atoms with Gasteiger partial charge in [0, 0.05) is 5.56 Å². The van der Waals surface area contributed by atoms with Crippen LogP contribution < -0.4 is 4.74 Å². The van der Waals surface area contributed by atoms with Crippen molar-refractivity contribution in [1.29, 1.82) is 0 Å². The van der Waals surface area contributed by atoms with Gasteiger partial charge in [0.1, 0.15) is 5.75 Å². The predicted molar refractivity (Wildman–Crippen MR) is 72.2 cm³/mol. The van der Waals surface area contributed by atoms with E-state index in [0.717, 1.165) is 12.1 Å². The largest absolute Gasteiger partial charge is 0.430 e. The molecule has 24 heavy (non-hydrogen) atoms. The molecule has 0 aliphatic carbocycles. The smallest absolute Gasteiger partial charge is 0.426 e. The summed E-state index contributed by atoms with van der Waals surface area (Å²) in [6.07, 6.45) is -11.5. The maximum absolute atomic E-state index is 12.7. The molecule has 0 saturated carbocycles. The number of halogens is 6. The molecule has 0 heterocycles. The fourth-order valence-corrected chi connectivity index (χ4v) is 1.64. The van der Waals surface area contributed by atoms with Gasteiger partial charge in [-0.3, -0.25) is 4.79 Å². The van der Waals surface area contributed by atoms with Crippen molar-refractivity contribution in [3.8, 4) is 5.75 Å². The summed E-state index contributed by atoms with van der Waals surface area (Å²) in [6.45, 7) is 4.88. The second kappa shape index (κ2) is 6.27. The van der Waals surface area contributed by atoms with E-state index >= 15 is 0 Å². The third kappa shape index (κ3) is 3.66. The molecule has 0 saturated heterocycles. The first kappa shape index (κ1) is 20.3. The van der Waals surface area contributed by atoms with E-state index in [1.54, 1.807) is 20.8 Å². The molecule has 0 aliphatic rings. The molecule has 1 N–H and O–H groups in total. The molecule has 1 aromatic carbocycles. The number of benzene rings is 1. The summed E-state index contributed by atoms with van der Waals surface area (Å²) in [5.41, 5.74) is -7.29. The highest BCUT2D eigenvalue weighted by atomic mass is 19.4. The van der Waals surface area contributed by atoms with E-state index in [4.69, 9.17) is 4.74 Å². The van der Waals surface area contributed by atoms with Crippen LogP contribution in [-0.2, 0) is 10.4 Å². The van der Waals surface area contributed by atoms with Crippen molar-refractivity contribution in [3.63, 3.8) is 0 Å². The van der Waals surface area contributed by atoms with Crippen LogP contribution in [0.5, 0.6) is 5.75 Å². The van der Waals surface area contributed by atoms with E-state index in [9.17, 15) is 36.2 Å². The molecule has 3 nitrogen and oxygen atoms in total. The Morgan fingerprint density at radius 2 is 1.42 bits per heavy atom. The van der Waals surface area contributed by atoms with Gasteiger partial charge in [-0.2, -0.15) is 26.3 Å². The molecule has 0 fully saturated rings. The number of alkyl halides is 6. The second-order valence-electron chi connectivity index (χ2n) is 5.86. The summed E-state index contributed by atoms with van der Waals surface area (Å²) in [4.78, 5) is 11.8. The van der Waals surface area contributed by atoms with Crippen molar-refractivity contribution in [2.45, 2.75) is 45.1 Å². The van der Waals surface area contributed by atoms with Crippen LogP contribution in [0.1, 0.15) is 32.8 Å². The average Bonchev–Trinajstić information content (AvgIpc) is 2.44. The molecule has 0 aromatic heterocycles. The summed E-state index contributed by atoms with van der Waals surface area (Å²) in [5.74, 6) is -0.906. The van der Waals surface area contributed by atoms with E-state index in [-0.39, 0.29) is 5.75 Å². The van der Waals surface area contributed by atoms with E-state index in [1.807, 2.05) is 0 Å². The Kier molecular flexibility index (Phi) is 5.30. The van der Waals surface area contributed by atoms with E-state index in [1.165, 1.54) is 0 Å². The molecule has 0 amide bonds. The van der Waals surface area contributed by atoms with E-state index in [2.05, 4.69) is 0 Å². The summed E-state index contributed by atoms with van der Waals surface area (Å²) < 4.78 is 81.4. The Balaban J connectivity index is 3.16. The topological polar surface area (TPSA) is 46.5 Å². The number of hydrogen-bond acceptors (Lipinski definition) is 3. The first-order valence-corrected chi connectivity index (χ1v) is 6.85. The van der Waals surface area contributed by atoms with Crippen molar-refractivity contribution in [1.82, 2.24) is 0 Å². The Morgan fingerprint density at radius 3 is 1.75 bits per heavy atom. The summed E-state index contributed by atoms with van der Waals surface area (Å²) in [5, 5.41) is 9.24. The van der Waals surface area contributed by atoms with Crippen LogP contribution in [0.3, 0.4) is 0 Å². The molecule has 0 spiro atoms. The highest BCUT2D eigenvalue weighted by Gasteiger charge is 2.71. The molecule has 9 heteroatoms. The summed E-state index contributed by atoms with van der Waals surface area (Å²) in [6, 6.07) is 2.37. The van der Waals surface area contributed by atoms with Gasteiger partial charge in [-0.25, -0.2) is 0 Å². The quantitative estimate of drug-likeness (QED) is 0.495. The standard InChI is InChI=1S/C15H16F6O3/c1-4-12(2,3)11(22)24-10-7-5-9(6-8-10)13(23,14(16,17)18)15(19,20)21/h5-8,23H,4H2,1-3H3. The number of rotatable bonds is 4. The minimum absolute atomic E-state index is 0.225. The lowest BCUT2D eigenvalue weighted by atomic mass is 9.90. The minimum atomic E-state index is -5.96. The van der Waals surface area contributed by atoms with Gasteiger partial charge in [-0.15, -0.1) is 0 Å². The predicted octanol–water partition coefficient (Wildman–Crippen LogP) is 4.34. The Labute approximate surface area is 134 Å². The van der Waals surface area contributed by atoms with Gasteiger partial charge in [-0.05, 0) is 32.4 Å². The highest BCUT2D eigenvalue weighted by molar-refractivity contribution is 5.78. The molecule has 0 unspecified atom stereocenters. The molecule has 0 radical (unpaired) electrons. The van der Waals surface area contributed by atoms with Crippen LogP contribution in [0.15, 0.2) is 24.3 Å². The monoisotopic (exact) mass is 358 g/mol. The lowest BCUT2D eigenvalue weighted by Gasteiger charge is -2.32. The van der Waals surface area contributed by atoms with Gasteiger partial charge in [0.2, 0.25) is 0 Å². The third-order valence-electron chi connectivity index (χ3n) is 3.74. The highest BCUT2D eigenvalue weighted by Crippen LogP contribution is 2.50. The molecule has 1 aromatic rings. The maximum Gasteiger partial charge on any atom is 0.430 e. The van der Waals surface area contributed by atoms with Crippen LogP contribution in [0, 0.1) is 5.41 Å². The molecule has 0 bridgehead atoms. The number of carbonyl (C=O) groups is 1. The van der Waals surface area contributed by atoms with Crippen LogP contribution in [0.4, 0.5) is 26.3 Å². The normalized spacial score (nSPS) is 13.8. The summed E-state index contributed by atoms with van der Waals surface area (Å²) >= 11 is 0. The van der Waals surface area contributed by atoms with Gasteiger partial charge in [0.15, 0.2) is 0 Å². The maximum atomic E-state index is 12.7. The van der Waals surface area contributed by atoms with Crippen molar-refractivity contribution in [2.75, 3.05) is 0 Å². The van der Waals surface area contributed by atoms with Gasteiger partial charge < -0.3 is 9.84 Å². The molecule has 136 valence electrons. The lowest BCUT2D eigenvalue weighted by Crippen LogP contribution is -2.53. The van der Waals surface area contributed by atoms with Crippen molar-refractivity contribution < 1.29 is 41.0 Å². The SMILES string of the molecule is CCC(C)(C)C(=O)Oc1ccc(C(O)(C(F)(F)F)C(F)(F)F)cc1. The van der Waals surface area contributed by atoms with Crippen molar-refractivity contribution in [2.24, 2.45) is 5.41 Å². The number of carbonyl (C=O) groups excluding carboxylic acids is 1. The Hall–Kier alpha value is -1.77. The zero-order valence-corrected chi connectivity index (χ0v) is 13.0. The lowest BCUT2D eigenvalue weighted by molar-refractivity contribution is -0.376. The number of hydrogen-bond donors (Lipinski definition) is 1. The fraction of sp³-hybridized carbons (Fsp3) is 0.533. The second-order valence-corrected chi connectivity index (χ2v) is 5.86. The molecule has 1 rings (SSSR count). The first-order chi connectivity index (χ1) is 10.7. The first-order valence-electron chi connectivity index (χ1n) is 6.85. The number of ether oxygens (including phenoxy) is 1. The van der Waals surface area contributed by atoms with Crippen molar-refractivity contribution in [3.05, 3.63) is 29.8 Å². The minimum Gasteiger partial charge on any atom is -0.426 e. The molecular formula is C15H16F6O3. The Morgan fingerprint density at radius 1 is 1.00 bits per heavy atom. The van der Waals surface area contributed by atoms with E-state index in [0.29, 0.717) is 18.6 Å². The molecule has 0 aliphatic heterocycles. The number of esters is 1. The van der Waals surface area contributed by atoms with Gasteiger partial charge in [-0.1, -0.05) is 19.1 Å². The fourth-order valence-electron chi connectivity index (χ4n) is 1.64. The van der Waals surface area contributed by atoms with Crippen LogP contribution in [-0.4, -0.2) is 23.4 Å². The summed E-state index contributed by atoms with van der Waals surface area (Å²) in [7, 11) is 0. The van der Waals surface area contributed by atoms with Crippen molar-refractivity contribution >= 4 is 5.97 Å². The Bertz CT molecular complexity index is 573.